The molecule has 1 saturated heterocycles. The molecular formula is C20H22N2O4. The molecule has 26 heavy (non-hydrogen) atoms. The molecule has 6 heteroatoms. The smallest absolute Gasteiger partial charge is 0.268 e. The van der Waals surface area contributed by atoms with Crippen molar-refractivity contribution in [2.75, 3.05) is 13.2 Å². The van der Waals surface area contributed by atoms with Gasteiger partial charge in [0.2, 0.25) is 0 Å². The second kappa shape index (κ2) is 8.49. The van der Waals surface area contributed by atoms with Gasteiger partial charge in [-0.1, -0.05) is 18.2 Å². The number of rotatable bonds is 6. The number of furan rings is 1. The zero-order chi connectivity index (χ0) is 18.4. The first-order valence-electron chi connectivity index (χ1n) is 8.66. The van der Waals surface area contributed by atoms with Gasteiger partial charge in [-0.15, -0.1) is 0 Å². The summed E-state index contributed by atoms with van der Waals surface area (Å²) in [5.74, 6) is 0.495. The third kappa shape index (κ3) is 4.83. The first-order chi connectivity index (χ1) is 12.6. The van der Waals surface area contributed by atoms with Crippen molar-refractivity contribution < 1.29 is 18.7 Å². The second-order valence-corrected chi connectivity index (χ2v) is 6.17. The highest BCUT2D eigenvalue weighted by molar-refractivity contribution is 6.05. The molecule has 2 N–H and O–H groups in total. The van der Waals surface area contributed by atoms with Gasteiger partial charge in [-0.05, 0) is 44.0 Å². The first-order valence-corrected chi connectivity index (χ1v) is 8.66. The Morgan fingerprint density at radius 1 is 1.19 bits per heavy atom. The van der Waals surface area contributed by atoms with E-state index in [1.165, 1.54) is 6.08 Å². The quantitative estimate of drug-likeness (QED) is 0.782. The Bertz CT molecular complexity index is 789. The van der Waals surface area contributed by atoms with Crippen LogP contribution in [0.1, 0.15) is 34.7 Å². The molecular weight excluding hydrogens is 332 g/mol. The topological polar surface area (TPSA) is 80.6 Å². The maximum atomic E-state index is 12.6. The van der Waals surface area contributed by atoms with Crippen LogP contribution in [0.15, 0.2) is 52.6 Å². The number of amides is 2. The van der Waals surface area contributed by atoms with Crippen LogP contribution in [0.4, 0.5) is 0 Å². The van der Waals surface area contributed by atoms with Crippen molar-refractivity contribution in [3.63, 3.8) is 0 Å². The minimum Gasteiger partial charge on any atom is -0.462 e. The van der Waals surface area contributed by atoms with Crippen molar-refractivity contribution >= 4 is 17.9 Å². The summed E-state index contributed by atoms with van der Waals surface area (Å²) < 4.78 is 11.0. The number of carbonyl (C=O) groups is 2. The Labute approximate surface area is 152 Å². The van der Waals surface area contributed by atoms with E-state index in [0.29, 0.717) is 17.9 Å². The van der Waals surface area contributed by atoms with Crippen LogP contribution in [0.2, 0.25) is 0 Å². The number of ether oxygens (including phenoxy) is 1. The molecule has 1 atom stereocenters. The predicted octanol–water partition coefficient (Wildman–Crippen LogP) is 2.65. The highest BCUT2D eigenvalue weighted by Crippen LogP contribution is 2.13. The van der Waals surface area contributed by atoms with E-state index in [2.05, 4.69) is 10.6 Å². The van der Waals surface area contributed by atoms with E-state index in [1.54, 1.807) is 36.4 Å². The molecule has 2 aromatic rings. The second-order valence-electron chi connectivity index (χ2n) is 6.17. The monoisotopic (exact) mass is 354 g/mol. The van der Waals surface area contributed by atoms with E-state index in [1.807, 2.05) is 13.0 Å². The SMILES string of the molecule is Cc1ccc(/C=C(\NC(=O)c2ccccc2)C(=O)NC[C@H]2CCCO2)o1. The summed E-state index contributed by atoms with van der Waals surface area (Å²) in [6.45, 7) is 2.95. The van der Waals surface area contributed by atoms with Gasteiger partial charge in [-0.25, -0.2) is 0 Å². The predicted molar refractivity (Wildman–Crippen MR) is 97.3 cm³/mol. The van der Waals surface area contributed by atoms with Crippen LogP contribution in [-0.4, -0.2) is 31.1 Å². The molecule has 0 unspecified atom stereocenters. The fraction of sp³-hybridized carbons (Fsp3) is 0.300. The van der Waals surface area contributed by atoms with Gasteiger partial charge in [-0.3, -0.25) is 9.59 Å². The zero-order valence-corrected chi connectivity index (χ0v) is 14.7. The van der Waals surface area contributed by atoms with Gasteiger partial charge in [-0.2, -0.15) is 0 Å². The average molecular weight is 354 g/mol. The van der Waals surface area contributed by atoms with E-state index >= 15 is 0 Å². The third-order valence-corrected chi connectivity index (χ3v) is 4.09. The molecule has 1 aromatic carbocycles. The number of aryl methyl sites for hydroxylation is 1. The fourth-order valence-corrected chi connectivity index (χ4v) is 2.72. The van der Waals surface area contributed by atoms with E-state index in [-0.39, 0.29) is 23.6 Å². The number of carbonyl (C=O) groups excluding carboxylic acids is 2. The van der Waals surface area contributed by atoms with Gasteiger partial charge in [0, 0.05) is 24.8 Å². The van der Waals surface area contributed by atoms with Crippen LogP contribution < -0.4 is 10.6 Å². The standard InChI is InChI=1S/C20H22N2O4/c1-14-9-10-16(26-14)12-18(20(24)21-13-17-8-5-11-25-17)22-19(23)15-6-3-2-4-7-15/h2-4,6-7,9-10,12,17H,5,8,11,13H2,1H3,(H,21,24)(H,22,23)/b18-12-/t17-/m1/s1. The molecule has 0 bridgehead atoms. The van der Waals surface area contributed by atoms with Crippen molar-refractivity contribution in [3.8, 4) is 0 Å². The summed E-state index contributed by atoms with van der Waals surface area (Å²) in [5.41, 5.74) is 0.604. The lowest BCUT2D eigenvalue weighted by Gasteiger charge is -2.13. The normalized spacial score (nSPS) is 17.1. The Hall–Kier alpha value is -2.86. The molecule has 0 radical (unpaired) electrons. The lowest BCUT2D eigenvalue weighted by molar-refractivity contribution is -0.118. The summed E-state index contributed by atoms with van der Waals surface area (Å²) in [4.78, 5) is 25.0. The van der Waals surface area contributed by atoms with Crippen LogP contribution in [0.5, 0.6) is 0 Å². The molecule has 0 aliphatic carbocycles. The molecule has 1 fully saturated rings. The fourth-order valence-electron chi connectivity index (χ4n) is 2.72. The van der Waals surface area contributed by atoms with Crippen molar-refractivity contribution in [3.05, 3.63) is 65.2 Å². The van der Waals surface area contributed by atoms with Gasteiger partial charge in [0.05, 0.1) is 6.10 Å². The van der Waals surface area contributed by atoms with Gasteiger partial charge in [0.25, 0.3) is 11.8 Å². The molecule has 6 nitrogen and oxygen atoms in total. The van der Waals surface area contributed by atoms with Crippen LogP contribution >= 0.6 is 0 Å². The summed E-state index contributed by atoms with van der Waals surface area (Å²) in [6, 6.07) is 12.3. The lowest BCUT2D eigenvalue weighted by atomic mass is 10.2. The molecule has 0 spiro atoms. The largest absolute Gasteiger partial charge is 0.462 e. The molecule has 2 heterocycles. The third-order valence-electron chi connectivity index (χ3n) is 4.09. The highest BCUT2D eigenvalue weighted by Gasteiger charge is 2.19. The van der Waals surface area contributed by atoms with Crippen LogP contribution in [-0.2, 0) is 9.53 Å². The molecule has 3 rings (SSSR count). The summed E-state index contributed by atoms with van der Waals surface area (Å²) in [6.07, 6.45) is 3.47. The Kier molecular flexibility index (Phi) is 5.86. The molecule has 1 aliphatic rings. The van der Waals surface area contributed by atoms with Crippen LogP contribution in [0, 0.1) is 6.92 Å². The molecule has 0 saturated carbocycles. The van der Waals surface area contributed by atoms with Crippen molar-refractivity contribution in [2.24, 2.45) is 0 Å². The van der Waals surface area contributed by atoms with Gasteiger partial charge >= 0.3 is 0 Å². The summed E-state index contributed by atoms with van der Waals surface area (Å²) in [7, 11) is 0. The van der Waals surface area contributed by atoms with E-state index < -0.39 is 0 Å². The van der Waals surface area contributed by atoms with Crippen molar-refractivity contribution in [1.82, 2.24) is 10.6 Å². The van der Waals surface area contributed by atoms with Gasteiger partial charge < -0.3 is 19.8 Å². The Balaban J connectivity index is 1.73. The van der Waals surface area contributed by atoms with Gasteiger partial charge in [0.15, 0.2) is 0 Å². The zero-order valence-electron chi connectivity index (χ0n) is 14.7. The maximum absolute atomic E-state index is 12.6. The van der Waals surface area contributed by atoms with E-state index in [4.69, 9.17) is 9.15 Å². The van der Waals surface area contributed by atoms with E-state index in [9.17, 15) is 9.59 Å². The van der Waals surface area contributed by atoms with Crippen molar-refractivity contribution in [1.29, 1.82) is 0 Å². The maximum Gasteiger partial charge on any atom is 0.268 e. The number of hydrogen-bond donors (Lipinski definition) is 2. The summed E-state index contributed by atoms with van der Waals surface area (Å²) in [5, 5.41) is 5.50. The minimum atomic E-state index is -0.376. The minimum absolute atomic E-state index is 0.0240. The number of nitrogens with one attached hydrogen (secondary N) is 2. The lowest BCUT2D eigenvalue weighted by Crippen LogP contribution is -2.38. The molecule has 1 aliphatic heterocycles. The van der Waals surface area contributed by atoms with Crippen LogP contribution in [0.25, 0.3) is 6.08 Å². The van der Waals surface area contributed by atoms with Crippen molar-refractivity contribution in [2.45, 2.75) is 25.9 Å². The summed E-state index contributed by atoms with van der Waals surface area (Å²) >= 11 is 0. The van der Waals surface area contributed by atoms with E-state index in [0.717, 1.165) is 25.2 Å². The number of hydrogen-bond acceptors (Lipinski definition) is 4. The van der Waals surface area contributed by atoms with Crippen LogP contribution in [0.3, 0.4) is 0 Å². The highest BCUT2D eigenvalue weighted by atomic mass is 16.5. The first kappa shape index (κ1) is 17.9. The average Bonchev–Trinajstić information content (AvgIpc) is 3.31. The molecule has 1 aromatic heterocycles. The molecule has 2 amide bonds. The molecule has 136 valence electrons. The Morgan fingerprint density at radius 2 is 2.00 bits per heavy atom. The number of benzene rings is 1. The Morgan fingerprint density at radius 3 is 2.65 bits per heavy atom. The van der Waals surface area contributed by atoms with Gasteiger partial charge in [0.1, 0.15) is 17.2 Å².